The Morgan fingerprint density at radius 3 is 2.66 bits per heavy atom. The fourth-order valence-corrected chi connectivity index (χ4v) is 2.34. The molecule has 0 N–H and O–H groups in total. The summed E-state index contributed by atoms with van der Waals surface area (Å²) in [5.41, 5.74) is 0.512. The third-order valence-corrected chi connectivity index (χ3v) is 3.80. The highest BCUT2D eigenvalue weighted by atomic mass is 16.5. The van der Waals surface area contributed by atoms with E-state index in [4.69, 9.17) is 18.6 Å². The highest BCUT2D eigenvalue weighted by Crippen LogP contribution is 2.16. The zero-order valence-electron chi connectivity index (χ0n) is 17.3. The molecule has 0 spiro atoms. The Balaban J connectivity index is 1.86. The van der Waals surface area contributed by atoms with Crippen molar-refractivity contribution in [2.75, 3.05) is 6.61 Å². The largest absolute Gasteiger partial charge is 0.491 e. The molecule has 2 aromatic rings. The summed E-state index contributed by atoms with van der Waals surface area (Å²) in [6, 6.07) is 8.67. The van der Waals surface area contributed by atoms with Crippen molar-refractivity contribution in [2.24, 2.45) is 5.92 Å². The molecule has 0 radical (unpaired) electrons. The Labute approximate surface area is 171 Å². The molecule has 0 aliphatic rings. The van der Waals surface area contributed by atoms with Crippen LogP contribution in [0.25, 0.3) is 6.08 Å². The number of ether oxygens (including phenoxy) is 3. The summed E-state index contributed by atoms with van der Waals surface area (Å²) < 4.78 is 21.5. The Hall–Kier alpha value is -3.02. The van der Waals surface area contributed by atoms with Gasteiger partial charge in [0.05, 0.1) is 12.7 Å². The van der Waals surface area contributed by atoms with E-state index in [-0.39, 0.29) is 29.6 Å². The third-order valence-electron chi connectivity index (χ3n) is 3.80. The molecule has 0 bridgehead atoms. The molecule has 0 fully saturated rings. The lowest BCUT2D eigenvalue weighted by Gasteiger charge is -2.09. The molecule has 0 aliphatic heterocycles. The first kappa shape index (κ1) is 22.3. The van der Waals surface area contributed by atoms with Crippen molar-refractivity contribution in [1.82, 2.24) is 0 Å². The number of carbonyl (C=O) groups is 1. The van der Waals surface area contributed by atoms with Crippen molar-refractivity contribution >= 4 is 12.0 Å². The summed E-state index contributed by atoms with van der Waals surface area (Å²) in [5, 5.41) is 0. The average Bonchev–Trinajstić information content (AvgIpc) is 2.66. The van der Waals surface area contributed by atoms with Gasteiger partial charge in [0.1, 0.15) is 24.4 Å². The SMILES string of the molecule is CC(C)CCOc1coc(COC(=O)/C=C/c2cccc(OC(C)C)c2)cc1=O. The predicted molar refractivity (Wildman–Crippen MR) is 111 cm³/mol. The summed E-state index contributed by atoms with van der Waals surface area (Å²) in [6.07, 6.45) is 5.12. The van der Waals surface area contributed by atoms with Gasteiger partial charge in [-0.3, -0.25) is 4.79 Å². The van der Waals surface area contributed by atoms with Gasteiger partial charge in [-0.05, 0) is 50.0 Å². The number of benzene rings is 1. The fourth-order valence-electron chi connectivity index (χ4n) is 2.34. The fraction of sp³-hybridized carbons (Fsp3) is 0.391. The van der Waals surface area contributed by atoms with E-state index in [0.717, 1.165) is 17.7 Å². The minimum Gasteiger partial charge on any atom is -0.491 e. The molecule has 0 saturated carbocycles. The van der Waals surface area contributed by atoms with E-state index in [2.05, 4.69) is 13.8 Å². The second-order valence-corrected chi connectivity index (χ2v) is 7.29. The van der Waals surface area contributed by atoms with E-state index < -0.39 is 5.97 Å². The summed E-state index contributed by atoms with van der Waals surface area (Å²) in [4.78, 5) is 24.0. The maximum Gasteiger partial charge on any atom is 0.331 e. The molecule has 2 rings (SSSR count). The van der Waals surface area contributed by atoms with Crippen LogP contribution in [0.3, 0.4) is 0 Å². The molecule has 1 heterocycles. The first-order valence-electron chi connectivity index (χ1n) is 9.69. The topological polar surface area (TPSA) is 75.0 Å². The number of hydrogen-bond donors (Lipinski definition) is 0. The van der Waals surface area contributed by atoms with Gasteiger partial charge in [-0.1, -0.05) is 26.0 Å². The minimum atomic E-state index is -0.542. The van der Waals surface area contributed by atoms with E-state index in [0.29, 0.717) is 12.5 Å². The molecule has 0 unspecified atom stereocenters. The lowest BCUT2D eigenvalue weighted by Crippen LogP contribution is -2.11. The second-order valence-electron chi connectivity index (χ2n) is 7.29. The second kappa shape index (κ2) is 11.1. The number of carbonyl (C=O) groups excluding carboxylic acids is 1. The molecule has 0 aliphatic carbocycles. The van der Waals surface area contributed by atoms with Crippen molar-refractivity contribution in [3.05, 3.63) is 64.2 Å². The van der Waals surface area contributed by atoms with Crippen LogP contribution < -0.4 is 14.9 Å². The van der Waals surface area contributed by atoms with Crippen molar-refractivity contribution in [3.63, 3.8) is 0 Å². The molecule has 6 nitrogen and oxygen atoms in total. The van der Waals surface area contributed by atoms with E-state index >= 15 is 0 Å². The predicted octanol–water partition coefficient (Wildman–Crippen LogP) is 4.61. The van der Waals surface area contributed by atoms with Gasteiger partial charge in [0.15, 0.2) is 0 Å². The highest BCUT2D eigenvalue weighted by molar-refractivity contribution is 5.87. The van der Waals surface area contributed by atoms with Crippen LogP contribution in [0.5, 0.6) is 11.5 Å². The molecule has 0 amide bonds. The van der Waals surface area contributed by atoms with Gasteiger partial charge in [-0.15, -0.1) is 0 Å². The van der Waals surface area contributed by atoms with Gasteiger partial charge < -0.3 is 18.6 Å². The van der Waals surface area contributed by atoms with Crippen molar-refractivity contribution in [3.8, 4) is 11.5 Å². The van der Waals surface area contributed by atoms with E-state index in [1.54, 1.807) is 6.08 Å². The number of rotatable bonds is 10. The average molecular weight is 400 g/mol. The zero-order chi connectivity index (χ0) is 21.2. The quantitative estimate of drug-likeness (QED) is 0.428. The molecule has 6 heteroatoms. The molecular weight excluding hydrogens is 372 g/mol. The Bertz CT molecular complexity index is 879. The normalized spacial score (nSPS) is 11.2. The van der Waals surface area contributed by atoms with Crippen molar-refractivity contribution in [1.29, 1.82) is 0 Å². The molecule has 156 valence electrons. The highest BCUT2D eigenvalue weighted by Gasteiger charge is 2.07. The smallest absolute Gasteiger partial charge is 0.331 e. The maximum absolute atomic E-state index is 12.0. The molecular formula is C23H28O6. The standard InChI is InChI=1S/C23H28O6/c1-16(2)10-11-26-22-15-27-20(13-21(22)24)14-28-23(25)9-8-18-6-5-7-19(12-18)29-17(3)4/h5-9,12-13,15-17H,10-11,14H2,1-4H3/b9-8+. The zero-order valence-corrected chi connectivity index (χ0v) is 17.3. The number of hydrogen-bond acceptors (Lipinski definition) is 6. The Morgan fingerprint density at radius 2 is 1.97 bits per heavy atom. The lowest BCUT2D eigenvalue weighted by molar-refractivity contribution is -0.139. The van der Waals surface area contributed by atoms with Gasteiger partial charge in [-0.2, -0.15) is 0 Å². The summed E-state index contributed by atoms with van der Waals surface area (Å²) in [6.45, 7) is 8.36. The molecule has 0 atom stereocenters. The molecule has 0 saturated heterocycles. The molecule has 1 aromatic carbocycles. The minimum absolute atomic E-state index is 0.0702. The van der Waals surface area contributed by atoms with Crippen LogP contribution in [-0.4, -0.2) is 18.7 Å². The van der Waals surface area contributed by atoms with E-state index in [9.17, 15) is 9.59 Å². The van der Waals surface area contributed by atoms with Crippen LogP contribution in [0.15, 0.2) is 51.9 Å². The van der Waals surface area contributed by atoms with Gasteiger partial charge in [0.2, 0.25) is 11.2 Å². The van der Waals surface area contributed by atoms with E-state index in [1.807, 2.05) is 38.1 Å². The van der Waals surface area contributed by atoms with Crippen LogP contribution in [-0.2, 0) is 16.1 Å². The van der Waals surface area contributed by atoms with E-state index in [1.165, 1.54) is 18.4 Å². The van der Waals surface area contributed by atoms with Crippen LogP contribution in [0.1, 0.15) is 45.4 Å². The van der Waals surface area contributed by atoms with Crippen molar-refractivity contribution < 1.29 is 23.4 Å². The van der Waals surface area contributed by atoms with Crippen LogP contribution in [0.4, 0.5) is 0 Å². The molecule has 29 heavy (non-hydrogen) atoms. The van der Waals surface area contributed by atoms with Gasteiger partial charge in [0.25, 0.3) is 0 Å². The lowest BCUT2D eigenvalue weighted by atomic mass is 10.1. The number of esters is 1. The van der Waals surface area contributed by atoms with Gasteiger partial charge >= 0.3 is 5.97 Å². The monoisotopic (exact) mass is 400 g/mol. The third kappa shape index (κ3) is 8.25. The van der Waals surface area contributed by atoms with Gasteiger partial charge in [-0.25, -0.2) is 4.79 Å². The first-order chi connectivity index (χ1) is 13.8. The summed E-state index contributed by atoms with van der Waals surface area (Å²) in [5.74, 6) is 1.08. The Morgan fingerprint density at radius 1 is 1.17 bits per heavy atom. The van der Waals surface area contributed by atoms with Gasteiger partial charge in [0, 0.05) is 12.1 Å². The van der Waals surface area contributed by atoms with Crippen LogP contribution in [0.2, 0.25) is 0 Å². The van der Waals surface area contributed by atoms with Crippen LogP contribution >= 0.6 is 0 Å². The Kier molecular flexibility index (Phi) is 8.52. The summed E-state index contributed by atoms with van der Waals surface area (Å²) >= 11 is 0. The molecule has 1 aromatic heterocycles. The maximum atomic E-state index is 12.0. The first-order valence-corrected chi connectivity index (χ1v) is 9.69. The summed E-state index contributed by atoms with van der Waals surface area (Å²) in [7, 11) is 0. The van der Waals surface area contributed by atoms with Crippen molar-refractivity contribution in [2.45, 2.75) is 46.8 Å². The van der Waals surface area contributed by atoms with Crippen LogP contribution in [0, 0.1) is 5.92 Å².